The third-order valence-electron chi connectivity index (χ3n) is 4.44. The molecule has 0 aromatic carbocycles. The number of methoxy groups -OCH3 is 1. The summed E-state index contributed by atoms with van der Waals surface area (Å²) in [6.45, 7) is 5.12. The lowest BCUT2D eigenvalue weighted by Crippen LogP contribution is -2.31. The molecule has 3 N–H and O–H groups in total. The van der Waals surface area contributed by atoms with E-state index in [-0.39, 0.29) is 0 Å². The summed E-state index contributed by atoms with van der Waals surface area (Å²) in [5, 5.41) is 3.47. The molecule has 0 bridgehead atoms. The van der Waals surface area contributed by atoms with Crippen LogP contribution < -0.4 is 11.1 Å². The number of aromatic nitrogens is 2. The number of nitrogens with two attached hydrogens (primary N) is 1. The molecule has 0 spiro atoms. The van der Waals surface area contributed by atoms with Crippen LogP contribution >= 0.6 is 0 Å². The highest BCUT2D eigenvalue weighted by atomic mass is 16.5. The predicted octanol–water partition coefficient (Wildman–Crippen LogP) is 1.54. The lowest BCUT2D eigenvalue weighted by atomic mass is 10.1. The molecule has 3 heterocycles. The number of ether oxygens (including phenoxy) is 1. The zero-order chi connectivity index (χ0) is 17.5. The van der Waals surface area contributed by atoms with Crippen LogP contribution in [0.15, 0.2) is 22.8 Å². The van der Waals surface area contributed by atoms with E-state index in [4.69, 9.17) is 24.9 Å². The Labute approximate surface area is 148 Å². The van der Waals surface area contributed by atoms with Gasteiger partial charge in [0.1, 0.15) is 5.82 Å². The van der Waals surface area contributed by atoms with Crippen LogP contribution in [-0.4, -0.2) is 61.3 Å². The zero-order valence-electron chi connectivity index (χ0n) is 14.8. The number of hydrogen-bond acceptors (Lipinski definition) is 7. The van der Waals surface area contributed by atoms with Gasteiger partial charge in [0.05, 0.1) is 12.0 Å². The van der Waals surface area contributed by atoms with Crippen LogP contribution in [-0.2, 0) is 17.6 Å². The fourth-order valence-corrected chi connectivity index (χ4v) is 3.14. The van der Waals surface area contributed by atoms with E-state index < -0.39 is 0 Å². The number of nitrogens with zero attached hydrogens (tertiary/aromatic N) is 3. The lowest BCUT2D eigenvalue weighted by molar-refractivity contribution is 0.197. The topological polar surface area (TPSA) is 89.4 Å². The van der Waals surface area contributed by atoms with Crippen LogP contribution in [0.5, 0.6) is 0 Å². The summed E-state index contributed by atoms with van der Waals surface area (Å²) in [5.41, 5.74) is 8.04. The maximum absolute atomic E-state index is 5.72. The Morgan fingerprint density at radius 3 is 2.96 bits per heavy atom. The fraction of sp³-hybridized carbons (Fsp3) is 0.556. The van der Waals surface area contributed by atoms with Crippen LogP contribution in [0.25, 0.3) is 11.6 Å². The van der Waals surface area contributed by atoms with Crippen molar-refractivity contribution in [2.24, 2.45) is 5.73 Å². The van der Waals surface area contributed by atoms with Crippen molar-refractivity contribution in [3.05, 3.63) is 29.7 Å². The molecule has 0 saturated carbocycles. The first-order chi connectivity index (χ1) is 12.3. The highest BCUT2D eigenvalue weighted by Gasteiger charge is 2.21. The van der Waals surface area contributed by atoms with Crippen LogP contribution in [0.2, 0.25) is 0 Å². The molecule has 0 atom stereocenters. The average molecular weight is 345 g/mol. The summed E-state index contributed by atoms with van der Waals surface area (Å²) in [6, 6.07) is 3.76. The average Bonchev–Trinajstić information content (AvgIpc) is 3.09. The second-order valence-electron chi connectivity index (χ2n) is 6.20. The Kier molecular flexibility index (Phi) is 6.38. The summed E-state index contributed by atoms with van der Waals surface area (Å²) in [7, 11) is 1.72. The molecule has 136 valence electrons. The lowest BCUT2D eigenvalue weighted by Gasteiger charge is -2.18. The van der Waals surface area contributed by atoms with Crippen molar-refractivity contribution >= 4 is 5.82 Å². The molecule has 7 heteroatoms. The molecule has 0 saturated heterocycles. The third-order valence-corrected chi connectivity index (χ3v) is 4.44. The molecule has 1 aliphatic rings. The maximum Gasteiger partial charge on any atom is 0.197 e. The molecular formula is C18H27N5O2. The molecule has 0 amide bonds. The summed E-state index contributed by atoms with van der Waals surface area (Å²) in [6.07, 6.45) is 4.42. The van der Waals surface area contributed by atoms with Crippen LogP contribution in [0.3, 0.4) is 0 Å². The van der Waals surface area contributed by atoms with Crippen molar-refractivity contribution < 1.29 is 9.15 Å². The SMILES string of the molecule is COCCCNc1nc(-c2ccco2)nc2c1CCN(CCN)CC2. The van der Waals surface area contributed by atoms with Gasteiger partial charge in [-0.15, -0.1) is 0 Å². The Morgan fingerprint density at radius 2 is 2.20 bits per heavy atom. The van der Waals surface area contributed by atoms with Gasteiger partial charge in [0.2, 0.25) is 0 Å². The standard InChI is InChI=1S/C18H27N5O2/c1-24-12-3-8-20-17-14-5-9-23(11-7-19)10-6-15(14)21-18(22-17)16-4-2-13-25-16/h2,4,13H,3,5-12,19H2,1H3,(H,20,21,22). The minimum Gasteiger partial charge on any atom is -0.461 e. The molecule has 25 heavy (non-hydrogen) atoms. The number of anilines is 1. The van der Waals surface area contributed by atoms with E-state index in [0.29, 0.717) is 18.1 Å². The molecule has 0 radical (unpaired) electrons. The Balaban J connectivity index is 1.85. The van der Waals surface area contributed by atoms with Crippen molar-refractivity contribution in [3.8, 4) is 11.6 Å². The number of fused-ring (bicyclic) bond motifs is 1. The highest BCUT2D eigenvalue weighted by Crippen LogP contribution is 2.26. The minimum atomic E-state index is 0.644. The van der Waals surface area contributed by atoms with E-state index in [0.717, 1.165) is 63.6 Å². The Hall–Kier alpha value is -1.96. The van der Waals surface area contributed by atoms with Gasteiger partial charge in [-0.1, -0.05) is 0 Å². The predicted molar refractivity (Wildman–Crippen MR) is 97.6 cm³/mol. The first-order valence-electron chi connectivity index (χ1n) is 8.90. The van der Waals surface area contributed by atoms with Gasteiger partial charge in [-0.3, -0.25) is 0 Å². The van der Waals surface area contributed by atoms with Crippen molar-refractivity contribution in [1.29, 1.82) is 0 Å². The van der Waals surface area contributed by atoms with Gasteiger partial charge >= 0.3 is 0 Å². The number of nitrogens with one attached hydrogen (secondary N) is 1. The largest absolute Gasteiger partial charge is 0.461 e. The van der Waals surface area contributed by atoms with Gasteiger partial charge in [0, 0.05) is 58.4 Å². The van der Waals surface area contributed by atoms with Gasteiger partial charge in [0.15, 0.2) is 11.6 Å². The van der Waals surface area contributed by atoms with Crippen LogP contribution in [0.4, 0.5) is 5.82 Å². The van der Waals surface area contributed by atoms with Gasteiger partial charge in [-0.25, -0.2) is 9.97 Å². The van der Waals surface area contributed by atoms with Crippen molar-refractivity contribution in [1.82, 2.24) is 14.9 Å². The van der Waals surface area contributed by atoms with Crippen LogP contribution in [0.1, 0.15) is 17.7 Å². The number of rotatable bonds is 8. The summed E-state index contributed by atoms with van der Waals surface area (Å²) in [4.78, 5) is 11.9. The second kappa shape index (κ2) is 8.94. The van der Waals surface area contributed by atoms with Crippen molar-refractivity contribution in [2.45, 2.75) is 19.3 Å². The van der Waals surface area contributed by atoms with E-state index in [1.54, 1.807) is 13.4 Å². The van der Waals surface area contributed by atoms with Gasteiger partial charge < -0.3 is 25.1 Å². The van der Waals surface area contributed by atoms with Crippen molar-refractivity contribution in [3.63, 3.8) is 0 Å². The first-order valence-corrected chi connectivity index (χ1v) is 8.90. The van der Waals surface area contributed by atoms with Crippen molar-refractivity contribution in [2.75, 3.05) is 51.8 Å². The Morgan fingerprint density at radius 1 is 1.32 bits per heavy atom. The maximum atomic E-state index is 5.72. The number of hydrogen-bond donors (Lipinski definition) is 2. The smallest absolute Gasteiger partial charge is 0.197 e. The third kappa shape index (κ3) is 4.56. The zero-order valence-corrected chi connectivity index (χ0v) is 14.8. The second-order valence-corrected chi connectivity index (χ2v) is 6.20. The van der Waals surface area contributed by atoms with E-state index >= 15 is 0 Å². The normalized spacial score (nSPS) is 15.0. The minimum absolute atomic E-state index is 0.644. The molecule has 2 aromatic heterocycles. The molecule has 7 nitrogen and oxygen atoms in total. The molecule has 1 aliphatic heterocycles. The van der Waals surface area contributed by atoms with E-state index in [1.807, 2.05) is 12.1 Å². The summed E-state index contributed by atoms with van der Waals surface area (Å²) < 4.78 is 10.6. The number of furan rings is 1. The van der Waals surface area contributed by atoms with E-state index in [9.17, 15) is 0 Å². The van der Waals surface area contributed by atoms with Gasteiger partial charge in [-0.05, 0) is 25.0 Å². The van der Waals surface area contributed by atoms with Crippen LogP contribution in [0, 0.1) is 0 Å². The molecular weight excluding hydrogens is 318 g/mol. The summed E-state index contributed by atoms with van der Waals surface area (Å²) in [5.74, 6) is 2.26. The van der Waals surface area contributed by atoms with Gasteiger partial charge in [-0.2, -0.15) is 0 Å². The van der Waals surface area contributed by atoms with E-state index in [2.05, 4.69) is 10.2 Å². The highest BCUT2D eigenvalue weighted by molar-refractivity contribution is 5.56. The first kappa shape index (κ1) is 17.8. The molecule has 0 aliphatic carbocycles. The molecule has 3 rings (SSSR count). The summed E-state index contributed by atoms with van der Waals surface area (Å²) >= 11 is 0. The fourth-order valence-electron chi connectivity index (χ4n) is 3.14. The molecule has 0 fully saturated rings. The quantitative estimate of drug-likeness (QED) is 0.702. The molecule has 0 unspecified atom stereocenters. The Bertz CT molecular complexity index is 660. The molecule has 2 aromatic rings. The van der Waals surface area contributed by atoms with E-state index in [1.165, 1.54) is 5.56 Å². The van der Waals surface area contributed by atoms with Gasteiger partial charge in [0.25, 0.3) is 0 Å². The monoisotopic (exact) mass is 345 g/mol.